The highest BCUT2D eigenvalue weighted by Crippen LogP contribution is 2.14. The van der Waals surface area contributed by atoms with Crippen LogP contribution in [0.1, 0.15) is 45.2 Å². The highest BCUT2D eigenvalue weighted by Gasteiger charge is 2.20. The number of nitrogens with zero attached hydrogens (tertiary/aromatic N) is 3. The third kappa shape index (κ3) is 8.61. The average Bonchev–Trinajstić information content (AvgIpc) is 3.09. The molecule has 1 unspecified atom stereocenters. The first-order chi connectivity index (χ1) is 14.2. The van der Waals surface area contributed by atoms with Crippen molar-refractivity contribution in [2.45, 2.75) is 52.8 Å². The number of benzene rings is 1. The molecule has 1 saturated heterocycles. The molecular weight excluding hydrogens is 378 g/mol. The van der Waals surface area contributed by atoms with E-state index >= 15 is 0 Å². The zero-order valence-electron chi connectivity index (χ0n) is 19.5. The van der Waals surface area contributed by atoms with Crippen molar-refractivity contribution in [3.63, 3.8) is 0 Å². The molecule has 7 heteroatoms. The lowest BCUT2D eigenvalue weighted by Gasteiger charge is -2.24. The zero-order chi connectivity index (χ0) is 22.1. The SMILES string of the molecule is CCNC(=NCc1ccc(CN(C)C(=O)OC(C)(C)C)cc1)NCC1CCN(C)C1. The molecule has 0 radical (unpaired) electrons. The van der Waals surface area contributed by atoms with Crippen LogP contribution in [-0.4, -0.2) is 67.7 Å². The van der Waals surface area contributed by atoms with Gasteiger partial charge in [-0.25, -0.2) is 9.79 Å². The molecule has 1 aliphatic rings. The predicted octanol–water partition coefficient (Wildman–Crippen LogP) is 3.06. The van der Waals surface area contributed by atoms with Gasteiger partial charge < -0.3 is 25.2 Å². The van der Waals surface area contributed by atoms with E-state index in [1.54, 1.807) is 11.9 Å². The third-order valence-electron chi connectivity index (χ3n) is 4.96. The minimum Gasteiger partial charge on any atom is -0.444 e. The van der Waals surface area contributed by atoms with Gasteiger partial charge in [0.2, 0.25) is 0 Å². The highest BCUT2D eigenvalue weighted by atomic mass is 16.6. The molecule has 2 rings (SSSR count). The molecule has 2 N–H and O–H groups in total. The number of rotatable bonds is 7. The largest absolute Gasteiger partial charge is 0.444 e. The van der Waals surface area contributed by atoms with E-state index in [4.69, 9.17) is 9.73 Å². The van der Waals surface area contributed by atoms with Crippen LogP contribution in [0.2, 0.25) is 0 Å². The molecular formula is C23H39N5O2. The summed E-state index contributed by atoms with van der Waals surface area (Å²) in [4.78, 5) is 20.8. The van der Waals surface area contributed by atoms with Crippen LogP contribution in [0.4, 0.5) is 4.79 Å². The molecule has 1 amide bonds. The van der Waals surface area contributed by atoms with Gasteiger partial charge in [0, 0.05) is 33.2 Å². The summed E-state index contributed by atoms with van der Waals surface area (Å²) in [5, 5.41) is 6.80. The second-order valence-corrected chi connectivity index (χ2v) is 9.15. The molecule has 1 aliphatic heterocycles. The fraction of sp³-hybridized carbons (Fsp3) is 0.652. The van der Waals surface area contributed by atoms with Gasteiger partial charge in [-0.05, 0) is 64.8 Å². The van der Waals surface area contributed by atoms with Crippen LogP contribution in [0.25, 0.3) is 0 Å². The quantitative estimate of drug-likeness (QED) is 0.527. The minimum absolute atomic E-state index is 0.314. The first kappa shape index (κ1) is 24.0. The Morgan fingerprint density at radius 1 is 1.23 bits per heavy atom. The molecule has 1 aromatic carbocycles. The second-order valence-electron chi connectivity index (χ2n) is 9.15. The monoisotopic (exact) mass is 417 g/mol. The number of amides is 1. The Kier molecular flexibility index (Phi) is 8.96. The molecule has 30 heavy (non-hydrogen) atoms. The summed E-state index contributed by atoms with van der Waals surface area (Å²) in [7, 11) is 3.93. The molecule has 0 saturated carbocycles. The van der Waals surface area contributed by atoms with E-state index in [-0.39, 0.29) is 6.09 Å². The number of ether oxygens (including phenoxy) is 1. The lowest BCUT2D eigenvalue weighted by Crippen LogP contribution is -2.40. The molecule has 0 bridgehead atoms. The summed E-state index contributed by atoms with van der Waals surface area (Å²) in [6.45, 7) is 12.9. The summed E-state index contributed by atoms with van der Waals surface area (Å²) in [5.41, 5.74) is 1.71. The Labute approximate surface area is 181 Å². The zero-order valence-corrected chi connectivity index (χ0v) is 19.5. The van der Waals surface area contributed by atoms with Gasteiger partial charge in [-0.1, -0.05) is 24.3 Å². The minimum atomic E-state index is -0.487. The van der Waals surface area contributed by atoms with Crippen molar-refractivity contribution in [1.82, 2.24) is 20.4 Å². The van der Waals surface area contributed by atoms with Gasteiger partial charge in [-0.15, -0.1) is 0 Å². The number of aliphatic imine (C=N–C) groups is 1. The first-order valence-corrected chi connectivity index (χ1v) is 10.9. The van der Waals surface area contributed by atoms with Crippen molar-refractivity contribution in [1.29, 1.82) is 0 Å². The Bertz CT molecular complexity index is 697. The van der Waals surface area contributed by atoms with Gasteiger partial charge in [0.15, 0.2) is 5.96 Å². The van der Waals surface area contributed by atoms with Gasteiger partial charge in [0.1, 0.15) is 5.60 Å². The topological polar surface area (TPSA) is 69.2 Å². The summed E-state index contributed by atoms with van der Waals surface area (Å²) >= 11 is 0. The van der Waals surface area contributed by atoms with Crippen molar-refractivity contribution in [3.8, 4) is 0 Å². The fourth-order valence-corrected chi connectivity index (χ4v) is 3.37. The third-order valence-corrected chi connectivity index (χ3v) is 4.96. The number of hydrogen-bond acceptors (Lipinski definition) is 4. The molecule has 0 aliphatic carbocycles. The Morgan fingerprint density at radius 3 is 2.47 bits per heavy atom. The van der Waals surface area contributed by atoms with E-state index in [1.165, 1.54) is 13.0 Å². The van der Waals surface area contributed by atoms with E-state index < -0.39 is 5.60 Å². The van der Waals surface area contributed by atoms with E-state index in [0.717, 1.165) is 36.7 Å². The standard InChI is InChI=1S/C23H39N5O2/c1-7-24-21(26-15-20-12-13-27(5)16-20)25-14-18-8-10-19(11-9-18)17-28(6)22(29)30-23(2,3)4/h8-11,20H,7,12-17H2,1-6H3,(H2,24,25,26). The van der Waals surface area contributed by atoms with Gasteiger partial charge in [-0.3, -0.25) is 0 Å². The van der Waals surface area contributed by atoms with Crippen LogP contribution in [0, 0.1) is 5.92 Å². The van der Waals surface area contributed by atoms with E-state index in [9.17, 15) is 4.79 Å². The second kappa shape index (κ2) is 11.2. The molecule has 1 fully saturated rings. The highest BCUT2D eigenvalue weighted by molar-refractivity contribution is 5.79. The van der Waals surface area contributed by atoms with Gasteiger partial charge in [-0.2, -0.15) is 0 Å². The first-order valence-electron chi connectivity index (χ1n) is 10.9. The maximum absolute atomic E-state index is 12.1. The van der Waals surface area contributed by atoms with E-state index in [1.807, 2.05) is 32.9 Å². The molecule has 1 heterocycles. The molecule has 1 aromatic rings. The number of hydrogen-bond donors (Lipinski definition) is 2. The van der Waals surface area contributed by atoms with Gasteiger partial charge in [0.25, 0.3) is 0 Å². The maximum atomic E-state index is 12.1. The molecule has 1 atom stereocenters. The summed E-state index contributed by atoms with van der Waals surface area (Å²) in [5.74, 6) is 1.54. The fourth-order valence-electron chi connectivity index (χ4n) is 3.37. The predicted molar refractivity (Wildman–Crippen MR) is 123 cm³/mol. The lowest BCUT2D eigenvalue weighted by molar-refractivity contribution is 0.0285. The average molecular weight is 418 g/mol. The molecule has 0 spiro atoms. The summed E-state index contributed by atoms with van der Waals surface area (Å²) in [6, 6.07) is 8.22. The van der Waals surface area contributed by atoms with Crippen LogP contribution < -0.4 is 10.6 Å². The van der Waals surface area contributed by atoms with Crippen molar-refractivity contribution in [2.24, 2.45) is 10.9 Å². The maximum Gasteiger partial charge on any atom is 0.410 e. The summed E-state index contributed by atoms with van der Waals surface area (Å²) < 4.78 is 5.40. The number of likely N-dealkylation sites (tertiary alicyclic amines) is 1. The number of guanidine groups is 1. The van der Waals surface area contributed by atoms with E-state index in [0.29, 0.717) is 19.0 Å². The summed E-state index contributed by atoms with van der Waals surface area (Å²) in [6.07, 6.45) is 0.924. The van der Waals surface area contributed by atoms with Crippen molar-refractivity contribution in [2.75, 3.05) is 40.3 Å². The van der Waals surface area contributed by atoms with Crippen LogP contribution in [0.5, 0.6) is 0 Å². The molecule has 7 nitrogen and oxygen atoms in total. The molecule has 168 valence electrons. The van der Waals surface area contributed by atoms with Crippen molar-refractivity contribution < 1.29 is 9.53 Å². The van der Waals surface area contributed by atoms with Crippen LogP contribution in [-0.2, 0) is 17.8 Å². The van der Waals surface area contributed by atoms with Gasteiger partial charge >= 0.3 is 6.09 Å². The molecule has 0 aromatic heterocycles. The van der Waals surface area contributed by atoms with E-state index in [2.05, 4.69) is 41.6 Å². The normalized spacial score (nSPS) is 17.7. The Balaban J connectivity index is 1.85. The number of carbonyl (C=O) groups excluding carboxylic acids is 1. The number of nitrogens with one attached hydrogen (secondary N) is 2. The van der Waals surface area contributed by atoms with Crippen molar-refractivity contribution >= 4 is 12.1 Å². The Morgan fingerprint density at radius 2 is 1.90 bits per heavy atom. The lowest BCUT2D eigenvalue weighted by atomic mass is 10.1. The van der Waals surface area contributed by atoms with Crippen LogP contribution in [0.15, 0.2) is 29.3 Å². The smallest absolute Gasteiger partial charge is 0.410 e. The van der Waals surface area contributed by atoms with Crippen molar-refractivity contribution in [3.05, 3.63) is 35.4 Å². The van der Waals surface area contributed by atoms with Crippen LogP contribution >= 0.6 is 0 Å². The van der Waals surface area contributed by atoms with Gasteiger partial charge in [0.05, 0.1) is 6.54 Å². The van der Waals surface area contributed by atoms with Crippen LogP contribution in [0.3, 0.4) is 0 Å². The number of carbonyl (C=O) groups is 1. The Hall–Kier alpha value is -2.28.